The average molecular weight is 417 g/mol. The molecule has 3 aromatic carbocycles. The van der Waals surface area contributed by atoms with E-state index in [1.807, 2.05) is 11.5 Å². The first-order valence-electron chi connectivity index (χ1n) is 8.87. The third-order valence-corrected chi connectivity index (χ3v) is 5.59. The molecule has 4 N–H and O–H groups in total. The first-order valence-corrected chi connectivity index (χ1v) is 10.4. The highest BCUT2D eigenvalue weighted by Crippen LogP contribution is 2.27. The van der Waals surface area contributed by atoms with Crippen molar-refractivity contribution in [1.29, 1.82) is 0 Å². The second-order valence-electron chi connectivity index (χ2n) is 6.40. The Labute approximate surface area is 174 Å². The van der Waals surface area contributed by atoms with Gasteiger partial charge in [-0.2, -0.15) is 0 Å². The Bertz CT molecular complexity index is 1310. The molecule has 4 aromatic rings. The van der Waals surface area contributed by atoms with Gasteiger partial charge in [-0.15, -0.1) is 0 Å². The Kier molecular flexibility index (Phi) is 5.26. The van der Waals surface area contributed by atoms with Crippen LogP contribution < -0.4 is 21.0 Å². The van der Waals surface area contributed by atoms with Crippen molar-refractivity contribution in [1.82, 2.24) is 9.97 Å². The minimum absolute atomic E-state index is 0.0351. The molecule has 1 heterocycles. The van der Waals surface area contributed by atoms with Crippen molar-refractivity contribution in [2.24, 2.45) is 0 Å². The lowest BCUT2D eigenvalue weighted by atomic mass is 9.96. The highest BCUT2D eigenvalue weighted by molar-refractivity contribution is 7.92. The van der Waals surface area contributed by atoms with Crippen LogP contribution in [0.4, 0.5) is 23.0 Å². The quantitative estimate of drug-likeness (QED) is 0.282. The summed E-state index contributed by atoms with van der Waals surface area (Å²) in [4.78, 5) is 8.91. The van der Waals surface area contributed by atoms with Gasteiger partial charge in [0.25, 0.3) is 10.0 Å². The van der Waals surface area contributed by atoms with Crippen molar-refractivity contribution in [2.75, 3.05) is 15.5 Å². The molecule has 148 valence electrons. The van der Waals surface area contributed by atoms with Gasteiger partial charge >= 0.3 is 0 Å². The van der Waals surface area contributed by atoms with Crippen LogP contribution in [0.15, 0.2) is 77.7 Å². The highest BCUT2D eigenvalue weighted by Gasteiger charge is 2.19. The summed E-state index contributed by atoms with van der Waals surface area (Å²) in [6.07, 6.45) is 0. The van der Waals surface area contributed by atoms with Gasteiger partial charge in [-0.3, -0.25) is 15.4 Å². The Balaban J connectivity index is 1.76. The highest BCUT2D eigenvalue weighted by atomic mass is 32.2. The lowest BCUT2D eigenvalue weighted by Gasteiger charge is -2.14. The third kappa shape index (κ3) is 4.19. The molecule has 4 rings (SSSR count). The van der Waals surface area contributed by atoms with E-state index in [-0.39, 0.29) is 22.2 Å². The normalized spacial score (nSPS) is 11.2. The van der Waals surface area contributed by atoms with Crippen LogP contribution in [0.5, 0.6) is 0 Å². The standard InChI is InChI=1S/C20H16BN5O3S/c21-13-8-10-14(11-9-13)22-19-20(24-18-7-2-1-6-17(18)23-19)26-30(28,29)16-5-3-4-15(12-16)25-27/h1-12,25,27H,(H,22,23)(H,24,26). The fourth-order valence-corrected chi connectivity index (χ4v) is 3.84. The summed E-state index contributed by atoms with van der Waals surface area (Å²) in [6, 6.07) is 19.8. The average Bonchev–Trinajstić information content (AvgIpc) is 2.75. The number of benzene rings is 3. The molecule has 2 radical (unpaired) electrons. The lowest BCUT2D eigenvalue weighted by Crippen LogP contribution is -2.16. The summed E-state index contributed by atoms with van der Waals surface area (Å²) < 4.78 is 28.3. The SMILES string of the molecule is [B]c1ccc(Nc2nc3ccccc3nc2NS(=O)(=O)c2cccc(NO)c2)cc1. The fraction of sp³-hybridized carbons (Fsp3) is 0. The molecular formula is C20H16BN5O3S. The Morgan fingerprint density at radius 1 is 0.800 bits per heavy atom. The van der Waals surface area contributed by atoms with Crippen LogP contribution in [0.3, 0.4) is 0 Å². The van der Waals surface area contributed by atoms with Gasteiger partial charge in [0, 0.05) is 5.69 Å². The first-order chi connectivity index (χ1) is 14.4. The third-order valence-electron chi connectivity index (χ3n) is 4.25. The molecule has 0 amide bonds. The number of para-hydroxylation sites is 2. The summed E-state index contributed by atoms with van der Waals surface area (Å²) in [6.45, 7) is 0. The van der Waals surface area contributed by atoms with Crippen LogP contribution in [0, 0.1) is 0 Å². The zero-order valence-electron chi connectivity index (χ0n) is 15.6. The topological polar surface area (TPSA) is 116 Å². The molecule has 8 nitrogen and oxygen atoms in total. The number of nitrogens with one attached hydrogen (secondary N) is 3. The van der Waals surface area contributed by atoms with Crippen LogP contribution in [0.1, 0.15) is 0 Å². The van der Waals surface area contributed by atoms with Crippen molar-refractivity contribution in [3.63, 3.8) is 0 Å². The Hall–Kier alpha value is -3.63. The van der Waals surface area contributed by atoms with E-state index in [0.717, 1.165) is 0 Å². The van der Waals surface area contributed by atoms with Crippen molar-refractivity contribution >= 4 is 57.4 Å². The van der Waals surface area contributed by atoms with E-state index in [9.17, 15) is 8.42 Å². The molecule has 0 saturated carbocycles. The molecular weight excluding hydrogens is 401 g/mol. The second kappa shape index (κ2) is 8.01. The minimum atomic E-state index is -4.00. The predicted molar refractivity (Wildman–Crippen MR) is 117 cm³/mol. The number of rotatable bonds is 6. The molecule has 0 atom stereocenters. The molecule has 0 bridgehead atoms. The van der Waals surface area contributed by atoms with Gasteiger partial charge in [0.2, 0.25) is 0 Å². The molecule has 0 unspecified atom stereocenters. The van der Waals surface area contributed by atoms with Crippen LogP contribution >= 0.6 is 0 Å². The van der Waals surface area contributed by atoms with E-state index < -0.39 is 10.0 Å². The van der Waals surface area contributed by atoms with E-state index >= 15 is 0 Å². The van der Waals surface area contributed by atoms with Gasteiger partial charge in [-0.25, -0.2) is 18.4 Å². The van der Waals surface area contributed by atoms with E-state index in [0.29, 0.717) is 22.2 Å². The predicted octanol–water partition coefficient (Wildman–Crippen LogP) is 2.77. The van der Waals surface area contributed by atoms with Gasteiger partial charge in [-0.1, -0.05) is 35.8 Å². The zero-order chi connectivity index (χ0) is 21.1. The summed E-state index contributed by atoms with van der Waals surface area (Å²) in [5.41, 5.74) is 4.57. The number of hydrogen-bond donors (Lipinski definition) is 4. The molecule has 0 aliphatic carbocycles. The number of nitrogens with zero attached hydrogens (tertiary/aromatic N) is 2. The maximum Gasteiger partial charge on any atom is 0.263 e. The largest absolute Gasteiger partial charge is 0.337 e. The molecule has 0 spiro atoms. The number of hydrogen-bond acceptors (Lipinski definition) is 7. The summed E-state index contributed by atoms with van der Waals surface area (Å²) in [5.74, 6) is 0.270. The van der Waals surface area contributed by atoms with Crippen LogP contribution in [-0.2, 0) is 10.0 Å². The maximum absolute atomic E-state index is 12.9. The van der Waals surface area contributed by atoms with E-state index in [1.54, 1.807) is 42.5 Å². The van der Waals surface area contributed by atoms with Gasteiger partial charge in [0.05, 0.1) is 21.6 Å². The Morgan fingerprint density at radius 2 is 1.47 bits per heavy atom. The fourth-order valence-electron chi connectivity index (χ4n) is 2.78. The molecule has 1 aromatic heterocycles. The Morgan fingerprint density at radius 3 is 2.13 bits per heavy atom. The molecule has 10 heteroatoms. The number of sulfonamides is 1. The van der Waals surface area contributed by atoms with Crippen molar-refractivity contribution in [2.45, 2.75) is 4.90 Å². The van der Waals surface area contributed by atoms with Crippen LogP contribution in [0.2, 0.25) is 0 Å². The first kappa shape index (κ1) is 19.7. The lowest BCUT2D eigenvalue weighted by molar-refractivity contribution is 0.388. The molecule has 0 aliphatic heterocycles. The molecule has 0 aliphatic rings. The second-order valence-corrected chi connectivity index (χ2v) is 8.08. The minimum Gasteiger partial charge on any atom is -0.337 e. The van der Waals surface area contributed by atoms with Gasteiger partial charge in [0.15, 0.2) is 11.6 Å². The van der Waals surface area contributed by atoms with E-state index in [1.165, 1.54) is 24.3 Å². The summed E-state index contributed by atoms with van der Waals surface area (Å²) in [5, 5.41) is 12.1. The van der Waals surface area contributed by atoms with Gasteiger partial charge in [-0.05, 0) is 42.5 Å². The van der Waals surface area contributed by atoms with Gasteiger partial charge in [0.1, 0.15) is 7.85 Å². The van der Waals surface area contributed by atoms with Crippen molar-refractivity contribution in [3.8, 4) is 0 Å². The van der Waals surface area contributed by atoms with Crippen molar-refractivity contribution < 1.29 is 13.6 Å². The van der Waals surface area contributed by atoms with Gasteiger partial charge < -0.3 is 5.32 Å². The molecule has 0 saturated heterocycles. The van der Waals surface area contributed by atoms with E-state index in [4.69, 9.17) is 13.1 Å². The summed E-state index contributed by atoms with van der Waals surface area (Å²) >= 11 is 0. The number of aromatic nitrogens is 2. The van der Waals surface area contributed by atoms with Crippen LogP contribution in [0.25, 0.3) is 11.0 Å². The molecule has 0 fully saturated rings. The number of fused-ring (bicyclic) bond motifs is 1. The summed E-state index contributed by atoms with van der Waals surface area (Å²) in [7, 11) is 1.73. The van der Waals surface area contributed by atoms with E-state index in [2.05, 4.69) is 20.0 Å². The smallest absolute Gasteiger partial charge is 0.263 e. The zero-order valence-corrected chi connectivity index (χ0v) is 16.4. The molecule has 30 heavy (non-hydrogen) atoms. The monoisotopic (exact) mass is 417 g/mol. The number of anilines is 4. The maximum atomic E-state index is 12.9. The van der Waals surface area contributed by atoms with Crippen molar-refractivity contribution in [3.05, 3.63) is 72.8 Å². The van der Waals surface area contributed by atoms with Crippen LogP contribution in [-0.4, -0.2) is 31.4 Å².